The summed E-state index contributed by atoms with van der Waals surface area (Å²) in [5.41, 5.74) is 6.81. The third-order valence-corrected chi connectivity index (χ3v) is 3.09. The molecule has 0 heterocycles. The summed E-state index contributed by atoms with van der Waals surface area (Å²) < 4.78 is 18.1. The summed E-state index contributed by atoms with van der Waals surface area (Å²) in [6.07, 6.45) is 0. The highest BCUT2D eigenvalue weighted by molar-refractivity contribution is 6.31. The van der Waals surface area contributed by atoms with Crippen molar-refractivity contribution in [2.75, 3.05) is 11.9 Å². The molecule has 2 rings (SSSR count). The smallest absolute Gasteiger partial charge is 0.262 e. The molecule has 2 aromatic carbocycles. The molecular weight excluding hydrogens is 295 g/mol. The van der Waals surface area contributed by atoms with Gasteiger partial charge >= 0.3 is 0 Å². The summed E-state index contributed by atoms with van der Waals surface area (Å²) in [7, 11) is 0. The Bertz CT molecular complexity index is 632. The second-order valence-electron chi connectivity index (χ2n) is 4.30. The molecule has 0 saturated heterocycles. The maximum absolute atomic E-state index is 12.7. The zero-order chi connectivity index (χ0) is 15.2. The Labute approximate surface area is 126 Å². The summed E-state index contributed by atoms with van der Waals surface area (Å²) in [5, 5.41) is 3.09. The van der Waals surface area contributed by atoms with Crippen molar-refractivity contribution in [3.05, 3.63) is 58.9 Å². The first-order valence-corrected chi connectivity index (χ1v) is 6.63. The van der Waals surface area contributed by atoms with E-state index < -0.39 is 0 Å². The number of anilines is 1. The van der Waals surface area contributed by atoms with Crippen molar-refractivity contribution in [3.8, 4) is 5.75 Å². The Hall–Kier alpha value is -2.11. The molecule has 0 atom stereocenters. The van der Waals surface area contributed by atoms with Crippen LogP contribution in [-0.4, -0.2) is 12.5 Å². The van der Waals surface area contributed by atoms with Gasteiger partial charge < -0.3 is 15.8 Å². The zero-order valence-electron chi connectivity index (χ0n) is 11.1. The van der Waals surface area contributed by atoms with Crippen LogP contribution in [0.3, 0.4) is 0 Å². The van der Waals surface area contributed by atoms with Crippen LogP contribution in [0, 0.1) is 5.82 Å². The number of nitrogens with two attached hydrogens (primary N) is 1. The lowest BCUT2D eigenvalue weighted by Crippen LogP contribution is -2.20. The van der Waals surface area contributed by atoms with Crippen molar-refractivity contribution in [1.82, 2.24) is 0 Å². The van der Waals surface area contributed by atoms with Gasteiger partial charge in [-0.05, 0) is 42.0 Å². The number of nitrogens with one attached hydrogen (secondary N) is 1. The summed E-state index contributed by atoms with van der Waals surface area (Å²) in [6, 6.07) is 10.5. The van der Waals surface area contributed by atoms with Gasteiger partial charge in [-0.15, -0.1) is 0 Å². The monoisotopic (exact) mass is 308 g/mol. The fourth-order valence-electron chi connectivity index (χ4n) is 1.66. The molecule has 0 radical (unpaired) electrons. The van der Waals surface area contributed by atoms with E-state index in [0.717, 1.165) is 5.56 Å². The van der Waals surface area contributed by atoms with Gasteiger partial charge in [0.2, 0.25) is 0 Å². The second kappa shape index (κ2) is 7.06. The minimum Gasteiger partial charge on any atom is -0.484 e. The molecule has 6 heteroatoms. The third kappa shape index (κ3) is 4.44. The second-order valence-corrected chi connectivity index (χ2v) is 4.71. The number of rotatable bonds is 5. The Morgan fingerprint density at radius 2 is 1.95 bits per heavy atom. The Morgan fingerprint density at radius 3 is 2.57 bits per heavy atom. The number of carbonyl (C=O) groups is 1. The highest BCUT2D eigenvalue weighted by Gasteiger charge is 2.06. The molecule has 0 bridgehead atoms. The van der Waals surface area contributed by atoms with E-state index in [-0.39, 0.29) is 18.3 Å². The molecule has 0 aliphatic heterocycles. The first kappa shape index (κ1) is 15.3. The van der Waals surface area contributed by atoms with Gasteiger partial charge in [0.15, 0.2) is 6.61 Å². The molecular formula is C15H14ClFN2O2. The number of amides is 1. The molecule has 3 N–H and O–H groups in total. The van der Waals surface area contributed by atoms with Gasteiger partial charge in [0, 0.05) is 17.3 Å². The molecule has 0 aliphatic rings. The number of benzene rings is 2. The highest BCUT2D eigenvalue weighted by Crippen LogP contribution is 2.22. The lowest BCUT2D eigenvalue weighted by molar-refractivity contribution is -0.118. The molecule has 1 amide bonds. The van der Waals surface area contributed by atoms with Crippen LogP contribution in [0.15, 0.2) is 42.5 Å². The lowest BCUT2D eigenvalue weighted by Gasteiger charge is -2.09. The van der Waals surface area contributed by atoms with Gasteiger partial charge in [0.25, 0.3) is 5.91 Å². The van der Waals surface area contributed by atoms with E-state index in [1.807, 2.05) is 0 Å². The molecule has 4 nitrogen and oxygen atoms in total. The normalized spacial score (nSPS) is 10.2. The zero-order valence-corrected chi connectivity index (χ0v) is 11.9. The van der Waals surface area contributed by atoms with Gasteiger partial charge in [0.05, 0.1) is 0 Å². The van der Waals surface area contributed by atoms with Crippen molar-refractivity contribution in [3.63, 3.8) is 0 Å². The van der Waals surface area contributed by atoms with E-state index in [4.69, 9.17) is 22.1 Å². The number of halogens is 2. The average Bonchev–Trinajstić information content (AvgIpc) is 2.48. The maximum Gasteiger partial charge on any atom is 0.262 e. The van der Waals surface area contributed by atoms with E-state index in [2.05, 4.69) is 5.32 Å². The SMILES string of the molecule is NCc1ccc(OCC(=O)Nc2ccc(F)cc2)cc1Cl. The van der Waals surface area contributed by atoms with Gasteiger partial charge in [-0.2, -0.15) is 0 Å². The number of ether oxygens (including phenoxy) is 1. The number of hydrogen-bond donors (Lipinski definition) is 2. The Balaban J connectivity index is 1.89. The van der Waals surface area contributed by atoms with Crippen LogP contribution >= 0.6 is 11.6 Å². The predicted molar refractivity (Wildman–Crippen MR) is 79.9 cm³/mol. The van der Waals surface area contributed by atoms with E-state index in [1.165, 1.54) is 24.3 Å². The summed E-state index contributed by atoms with van der Waals surface area (Å²) in [4.78, 5) is 11.7. The average molecular weight is 309 g/mol. The standard InChI is InChI=1S/C15H14ClFN2O2/c16-14-7-13(6-1-10(14)8-18)21-9-15(20)19-12-4-2-11(17)3-5-12/h1-7H,8-9,18H2,(H,19,20). The van der Waals surface area contributed by atoms with E-state index >= 15 is 0 Å². The van der Waals surface area contributed by atoms with Crippen molar-refractivity contribution < 1.29 is 13.9 Å². The van der Waals surface area contributed by atoms with Crippen molar-refractivity contribution in [1.29, 1.82) is 0 Å². The van der Waals surface area contributed by atoms with E-state index in [1.54, 1.807) is 18.2 Å². The Morgan fingerprint density at radius 1 is 1.24 bits per heavy atom. The topological polar surface area (TPSA) is 64.3 Å². The maximum atomic E-state index is 12.7. The van der Waals surface area contributed by atoms with Crippen molar-refractivity contribution >= 4 is 23.2 Å². The highest BCUT2D eigenvalue weighted by atomic mass is 35.5. The molecule has 2 aromatic rings. The molecule has 0 aliphatic carbocycles. The van der Waals surface area contributed by atoms with E-state index in [0.29, 0.717) is 23.0 Å². The van der Waals surface area contributed by atoms with E-state index in [9.17, 15) is 9.18 Å². The molecule has 110 valence electrons. The molecule has 0 unspecified atom stereocenters. The quantitative estimate of drug-likeness (QED) is 0.892. The van der Waals surface area contributed by atoms with Crippen LogP contribution in [0.1, 0.15) is 5.56 Å². The fraction of sp³-hybridized carbons (Fsp3) is 0.133. The summed E-state index contributed by atoms with van der Waals surface area (Å²) >= 11 is 5.99. The van der Waals surface area contributed by atoms with Crippen LogP contribution in [0.25, 0.3) is 0 Å². The van der Waals surface area contributed by atoms with Crippen LogP contribution in [0.5, 0.6) is 5.75 Å². The van der Waals surface area contributed by atoms with Crippen LogP contribution < -0.4 is 15.8 Å². The van der Waals surface area contributed by atoms with Crippen LogP contribution in [0.4, 0.5) is 10.1 Å². The molecule has 0 saturated carbocycles. The molecule has 0 aromatic heterocycles. The Kier molecular flexibility index (Phi) is 5.14. The van der Waals surface area contributed by atoms with Crippen LogP contribution in [-0.2, 0) is 11.3 Å². The summed E-state index contributed by atoms with van der Waals surface area (Å²) in [5.74, 6) is -0.231. The molecule has 21 heavy (non-hydrogen) atoms. The first-order chi connectivity index (χ1) is 10.1. The van der Waals surface area contributed by atoms with Gasteiger partial charge in [-0.25, -0.2) is 4.39 Å². The largest absolute Gasteiger partial charge is 0.484 e. The molecule has 0 spiro atoms. The number of hydrogen-bond acceptors (Lipinski definition) is 3. The lowest BCUT2D eigenvalue weighted by atomic mass is 10.2. The fourth-order valence-corrected chi connectivity index (χ4v) is 1.91. The van der Waals surface area contributed by atoms with Crippen LogP contribution in [0.2, 0.25) is 5.02 Å². The predicted octanol–water partition coefficient (Wildman–Crippen LogP) is 2.96. The first-order valence-electron chi connectivity index (χ1n) is 6.25. The minimum absolute atomic E-state index is 0.171. The van der Waals surface area contributed by atoms with Gasteiger partial charge in [-0.1, -0.05) is 17.7 Å². The number of carbonyl (C=O) groups excluding carboxylic acids is 1. The summed E-state index contributed by atoms with van der Waals surface area (Å²) in [6.45, 7) is 0.167. The molecule has 0 fully saturated rings. The minimum atomic E-state index is -0.362. The van der Waals surface area contributed by atoms with Crippen molar-refractivity contribution in [2.24, 2.45) is 5.73 Å². The van der Waals surface area contributed by atoms with Gasteiger partial charge in [-0.3, -0.25) is 4.79 Å². The van der Waals surface area contributed by atoms with Gasteiger partial charge in [0.1, 0.15) is 11.6 Å². The third-order valence-electron chi connectivity index (χ3n) is 2.74. The van der Waals surface area contributed by atoms with Crippen molar-refractivity contribution in [2.45, 2.75) is 6.54 Å².